The summed E-state index contributed by atoms with van der Waals surface area (Å²) in [6.07, 6.45) is 0. The van der Waals surface area contributed by atoms with E-state index in [1.807, 2.05) is 13.0 Å². The normalized spacial score (nSPS) is 9.75. The van der Waals surface area contributed by atoms with Gasteiger partial charge >= 0.3 is 5.97 Å². The average Bonchev–Trinajstić information content (AvgIpc) is 2.21. The zero-order chi connectivity index (χ0) is 12.3. The first-order valence-electron chi connectivity index (χ1n) is 4.93. The maximum atomic E-state index is 11.5. The quantitative estimate of drug-likeness (QED) is 0.777. The molecule has 0 saturated heterocycles. The third kappa shape index (κ3) is 2.59. The molecule has 0 saturated carbocycles. The number of methoxy groups -OCH3 is 1. The molecule has 4 nitrogen and oxygen atoms in total. The highest BCUT2D eigenvalue weighted by Crippen LogP contribution is 2.22. The topological polar surface area (TPSA) is 55.4 Å². The lowest BCUT2D eigenvalue weighted by molar-refractivity contribution is -0.114. The molecule has 1 aromatic carbocycles. The number of aryl methyl sites for hydroxylation is 1. The molecule has 86 valence electrons. The van der Waals surface area contributed by atoms with Crippen LogP contribution in [0.2, 0.25) is 0 Å². The molecule has 0 aliphatic rings. The molecular weight excluding hydrogens is 206 g/mol. The minimum Gasteiger partial charge on any atom is -0.465 e. The van der Waals surface area contributed by atoms with Crippen LogP contribution in [-0.2, 0) is 9.53 Å². The molecule has 1 rings (SSSR count). The van der Waals surface area contributed by atoms with Crippen molar-refractivity contribution in [1.82, 2.24) is 0 Å². The fourth-order valence-corrected chi connectivity index (χ4v) is 1.50. The summed E-state index contributed by atoms with van der Waals surface area (Å²) in [5.74, 6) is -0.558. The van der Waals surface area contributed by atoms with Gasteiger partial charge in [0.1, 0.15) is 0 Å². The second kappa shape index (κ2) is 4.79. The molecule has 0 aliphatic carbocycles. The minimum atomic E-state index is -0.396. The Bertz CT molecular complexity index is 438. The summed E-state index contributed by atoms with van der Waals surface area (Å²) in [5, 5.41) is 2.69. The van der Waals surface area contributed by atoms with Crippen LogP contribution >= 0.6 is 0 Å². The highest BCUT2D eigenvalue weighted by atomic mass is 16.5. The molecule has 0 atom stereocenters. The summed E-state index contributed by atoms with van der Waals surface area (Å²) in [5.41, 5.74) is 2.74. The first kappa shape index (κ1) is 12.2. The molecule has 0 bridgehead atoms. The van der Waals surface area contributed by atoms with E-state index in [1.54, 1.807) is 13.0 Å². The Morgan fingerprint density at radius 1 is 1.25 bits per heavy atom. The number of carbonyl (C=O) groups is 2. The van der Waals surface area contributed by atoms with E-state index in [-0.39, 0.29) is 5.91 Å². The number of anilines is 1. The van der Waals surface area contributed by atoms with Gasteiger partial charge in [-0.1, -0.05) is 0 Å². The summed E-state index contributed by atoms with van der Waals surface area (Å²) in [6.45, 7) is 5.06. The van der Waals surface area contributed by atoms with Gasteiger partial charge in [0, 0.05) is 12.6 Å². The molecule has 0 spiro atoms. The molecule has 0 fully saturated rings. The second-order valence-electron chi connectivity index (χ2n) is 3.66. The molecule has 0 aromatic heterocycles. The highest BCUT2D eigenvalue weighted by Gasteiger charge is 2.13. The van der Waals surface area contributed by atoms with Gasteiger partial charge in [0.05, 0.1) is 12.7 Å². The molecule has 4 heteroatoms. The Kier molecular flexibility index (Phi) is 3.66. The lowest BCUT2D eigenvalue weighted by Crippen LogP contribution is -2.11. The van der Waals surface area contributed by atoms with E-state index in [4.69, 9.17) is 0 Å². The van der Waals surface area contributed by atoms with Gasteiger partial charge in [-0.05, 0) is 37.1 Å². The van der Waals surface area contributed by atoms with Crippen LogP contribution in [0.4, 0.5) is 5.69 Å². The maximum Gasteiger partial charge on any atom is 0.338 e. The van der Waals surface area contributed by atoms with Crippen LogP contribution in [0.1, 0.15) is 28.4 Å². The van der Waals surface area contributed by atoms with Gasteiger partial charge < -0.3 is 10.1 Å². The number of ether oxygens (including phenoxy) is 1. The number of nitrogens with one attached hydrogen (secondary N) is 1. The Morgan fingerprint density at radius 2 is 1.88 bits per heavy atom. The first-order valence-corrected chi connectivity index (χ1v) is 4.93. The van der Waals surface area contributed by atoms with Crippen LogP contribution in [0.25, 0.3) is 0 Å². The van der Waals surface area contributed by atoms with E-state index in [0.717, 1.165) is 5.56 Å². The SMILES string of the molecule is COC(=O)c1cc(C)cc(NC(C)=O)c1C. The molecule has 0 unspecified atom stereocenters. The van der Waals surface area contributed by atoms with Crippen molar-refractivity contribution >= 4 is 17.6 Å². The fourth-order valence-electron chi connectivity index (χ4n) is 1.50. The lowest BCUT2D eigenvalue weighted by atomic mass is 10.0. The molecule has 1 N–H and O–H groups in total. The highest BCUT2D eigenvalue weighted by molar-refractivity contribution is 5.96. The van der Waals surface area contributed by atoms with Crippen LogP contribution < -0.4 is 5.32 Å². The second-order valence-corrected chi connectivity index (χ2v) is 3.66. The van der Waals surface area contributed by atoms with E-state index < -0.39 is 5.97 Å². The van der Waals surface area contributed by atoms with E-state index in [1.165, 1.54) is 14.0 Å². The molecule has 0 heterocycles. The van der Waals surface area contributed by atoms with Crippen molar-refractivity contribution in [3.05, 3.63) is 28.8 Å². The number of esters is 1. The van der Waals surface area contributed by atoms with Gasteiger partial charge in [0.2, 0.25) is 5.91 Å². The number of hydrogen-bond acceptors (Lipinski definition) is 3. The molecule has 0 radical (unpaired) electrons. The molecule has 1 amide bonds. The number of carbonyl (C=O) groups excluding carboxylic acids is 2. The fraction of sp³-hybridized carbons (Fsp3) is 0.333. The van der Waals surface area contributed by atoms with Gasteiger partial charge in [0.25, 0.3) is 0 Å². The summed E-state index contributed by atoms with van der Waals surface area (Å²) in [4.78, 5) is 22.5. The van der Waals surface area contributed by atoms with Crippen LogP contribution in [-0.4, -0.2) is 19.0 Å². The predicted molar refractivity (Wildman–Crippen MR) is 61.6 cm³/mol. The van der Waals surface area contributed by atoms with Crippen molar-refractivity contribution in [3.63, 3.8) is 0 Å². The van der Waals surface area contributed by atoms with E-state index >= 15 is 0 Å². The van der Waals surface area contributed by atoms with Gasteiger partial charge in [-0.3, -0.25) is 4.79 Å². The molecule has 1 aromatic rings. The number of hydrogen-bond donors (Lipinski definition) is 1. The van der Waals surface area contributed by atoms with Crippen molar-refractivity contribution in [1.29, 1.82) is 0 Å². The zero-order valence-electron chi connectivity index (χ0n) is 9.88. The molecule has 0 aliphatic heterocycles. The Morgan fingerprint density at radius 3 is 2.38 bits per heavy atom. The molecular formula is C12H15NO3. The smallest absolute Gasteiger partial charge is 0.338 e. The van der Waals surface area contributed by atoms with E-state index in [9.17, 15) is 9.59 Å². The van der Waals surface area contributed by atoms with E-state index in [0.29, 0.717) is 16.8 Å². The van der Waals surface area contributed by atoms with Crippen molar-refractivity contribution in [2.24, 2.45) is 0 Å². The first-order chi connectivity index (χ1) is 7.45. The third-order valence-corrected chi connectivity index (χ3v) is 2.27. The van der Waals surface area contributed by atoms with Crippen LogP contribution in [0.3, 0.4) is 0 Å². The number of rotatable bonds is 2. The van der Waals surface area contributed by atoms with Crippen LogP contribution in [0.15, 0.2) is 12.1 Å². The van der Waals surface area contributed by atoms with Crippen molar-refractivity contribution in [2.45, 2.75) is 20.8 Å². The number of benzene rings is 1. The number of amides is 1. The van der Waals surface area contributed by atoms with Gasteiger partial charge in [-0.25, -0.2) is 4.79 Å². The average molecular weight is 221 g/mol. The van der Waals surface area contributed by atoms with Gasteiger partial charge in [-0.2, -0.15) is 0 Å². The Labute approximate surface area is 94.6 Å². The summed E-state index contributed by atoms with van der Waals surface area (Å²) < 4.78 is 4.68. The monoisotopic (exact) mass is 221 g/mol. The maximum absolute atomic E-state index is 11.5. The van der Waals surface area contributed by atoms with Crippen molar-refractivity contribution < 1.29 is 14.3 Å². The predicted octanol–water partition coefficient (Wildman–Crippen LogP) is 2.05. The summed E-state index contributed by atoms with van der Waals surface area (Å²) in [6, 6.07) is 3.57. The summed E-state index contributed by atoms with van der Waals surface area (Å²) in [7, 11) is 1.34. The minimum absolute atomic E-state index is 0.162. The zero-order valence-corrected chi connectivity index (χ0v) is 9.88. The van der Waals surface area contributed by atoms with Crippen LogP contribution in [0, 0.1) is 13.8 Å². The lowest BCUT2D eigenvalue weighted by Gasteiger charge is -2.11. The summed E-state index contributed by atoms with van der Waals surface area (Å²) >= 11 is 0. The van der Waals surface area contributed by atoms with Gasteiger partial charge in [0.15, 0.2) is 0 Å². The Balaban J connectivity index is 3.25. The van der Waals surface area contributed by atoms with Gasteiger partial charge in [-0.15, -0.1) is 0 Å². The van der Waals surface area contributed by atoms with Crippen molar-refractivity contribution in [2.75, 3.05) is 12.4 Å². The van der Waals surface area contributed by atoms with E-state index in [2.05, 4.69) is 10.1 Å². The third-order valence-electron chi connectivity index (χ3n) is 2.27. The standard InChI is InChI=1S/C12H15NO3/c1-7-5-10(12(15)16-4)8(2)11(6-7)13-9(3)14/h5-6H,1-4H3,(H,13,14). The van der Waals surface area contributed by atoms with Crippen LogP contribution in [0.5, 0.6) is 0 Å². The Hall–Kier alpha value is -1.84. The molecule has 16 heavy (non-hydrogen) atoms. The largest absolute Gasteiger partial charge is 0.465 e. The van der Waals surface area contributed by atoms with Crippen molar-refractivity contribution in [3.8, 4) is 0 Å².